The van der Waals surface area contributed by atoms with Crippen molar-refractivity contribution in [3.8, 4) is 0 Å². The quantitative estimate of drug-likeness (QED) is 0.432. The van der Waals surface area contributed by atoms with Crippen molar-refractivity contribution < 1.29 is 4.48 Å². The van der Waals surface area contributed by atoms with E-state index in [-0.39, 0.29) is 0 Å². The van der Waals surface area contributed by atoms with Gasteiger partial charge in [-0.25, -0.2) is 5.54 Å². The summed E-state index contributed by atoms with van der Waals surface area (Å²) >= 11 is 0. The molecule has 0 spiro atoms. The van der Waals surface area contributed by atoms with E-state index in [1.54, 1.807) is 6.92 Å². The van der Waals surface area contributed by atoms with Crippen LogP contribution in [0.1, 0.15) is 34.6 Å². The first-order valence-corrected chi connectivity index (χ1v) is 8.10. The molecule has 0 aliphatic heterocycles. The zero-order valence-electron chi connectivity index (χ0n) is 15.9. The lowest BCUT2D eigenvalue weighted by Crippen LogP contribution is -2.10. The smallest absolute Gasteiger partial charge is 0.0759 e. The molecule has 24 heavy (non-hydrogen) atoms. The molecular formula is C21H31FN2. The molecule has 0 saturated carbocycles. The van der Waals surface area contributed by atoms with Crippen LogP contribution in [0, 0.1) is 0 Å². The molecule has 0 atom stereocenters. The van der Waals surface area contributed by atoms with Gasteiger partial charge in [0.05, 0.1) is 5.70 Å². The molecule has 0 saturated heterocycles. The Balaban J connectivity index is 6.43. The predicted octanol–water partition coefficient (Wildman–Crippen LogP) is 5.48. The van der Waals surface area contributed by atoms with Crippen LogP contribution < -0.4 is 10.9 Å². The highest BCUT2D eigenvalue weighted by Gasteiger charge is 2.15. The van der Waals surface area contributed by atoms with Crippen molar-refractivity contribution in [2.75, 3.05) is 13.6 Å². The Hall–Kier alpha value is -2.13. The Bertz CT molecular complexity index is 614. The molecule has 0 fully saturated rings. The van der Waals surface area contributed by atoms with Crippen LogP contribution in [0.2, 0.25) is 0 Å². The highest BCUT2D eigenvalue weighted by atomic mass is 19.2. The summed E-state index contributed by atoms with van der Waals surface area (Å²) < 4.78 is 13.5. The Morgan fingerprint density at radius 1 is 1.04 bits per heavy atom. The number of hydrogen-bond donors (Lipinski definition) is 2. The van der Waals surface area contributed by atoms with Crippen LogP contribution in [0.15, 0.2) is 82.7 Å². The van der Waals surface area contributed by atoms with Crippen LogP contribution in [0.4, 0.5) is 4.48 Å². The monoisotopic (exact) mass is 330 g/mol. The highest BCUT2D eigenvalue weighted by Crippen LogP contribution is 2.30. The van der Waals surface area contributed by atoms with E-state index < -0.39 is 0 Å². The van der Waals surface area contributed by atoms with Crippen LogP contribution in [0.5, 0.6) is 0 Å². The second-order valence-corrected chi connectivity index (χ2v) is 5.60. The van der Waals surface area contributed by atoms with Crippen molar-refractivity contribution >= 4 is 0 Å². The van der Waals surface area contributed by atoms with E-state index in [2.05, 4.69) is 18.5 Å². The summed E-state index contributed by atoms with van der Waals surface area (Å²) in [5.74, 6) is 0. The average Bonchev–Trinajstić information content (AvgIpc) is 2.55. The Kier molecular flexibility index (Phi) is 10.4. The second-order valence-electron chi connectivity index (χ2n) is 5.60. The van der Waals surface area contributed by atoms with E-state index in [1.807, 2.05) is 70.7 Å². The maximum atomic E-state index is 13.5. The molecule has 2 N–H and O–H groups in total. The molecule has 0 bridgehead atoms. The zero-order chi connectivity index (χ0) is 18.7. The molecular weight excluding hydrogens is 299 g/mol. The van der Waals surface area contributed by atoms with Crippen LogP contribution in [0.25, 0.3) is 0 Å². The summed E-state index contributed by atoms with van der Waals surface area (Å²) in [6, 6.07) is 0. The van der Waals surface area contributed by atoms with Gasteiger partial charge in [0.15, 0.2) is 0 Å². The van der Waals surface area contributed by atoms with Gasteiger partial charge in [-0.3, -0.25) is 0 Å². The lowest BCUT2D eigenvalue weighted by atomic mass is 9.89. The first kappa shape index (κ1) is 21.9. The third-order valence-electron chi connectivity index (χ3n) is 3.78. The average molecular weight is 330 g/mol. The minimum Gasteiger partial charge on any atom is -0.316 e. The fourth-order valence-corrected chi connectivity index (χ4v) is 2.27. The fourth-order valence-electron chi connectivity index (χ4n) is 2.27. The topological polar surface area (TPSA) is 24.1 Å². The van der Waals surface area contributed by atoms with E-state index in [0.29, 0.717) is 11.3 Å². The van der Waals surface area contributed by atoms with Crippen LogP contribution in [-0.2, 0) is 0 Å². The van der Waals surface area contributed by atoms with Gasteiger partial charge in [0.2, 0.25) is 0 Å². The molecule has 0 radical (unpaired) electrons. The summed E-state index contributed by atoms with van der Waals surface area (Å²) in [6.07, 6.45) is 9.86. The summed E-state index contributed by atoms with van der Waals surface area (Å²) in [5.41, 5.74) is 7.45. The van der Waals surface area contributed by atoms with Crippen molar-refractivity contribution in [2.24, 2.45) is 0 Å². The number of rotatable bonds is 9. The van der Waals surface area contributed by atoms with Crippen LogP contribution in [-0.4, -0.2) is 13.6 Å². The molecule has 2 nitrogen and oxygen atoms in total. The fraction of sp³-hybridized carbons (Fsp3) is 0.333. The van der Waals surface area contributed by atoms with Gasteiger partial charge in [0, 0.05) is 12.1 Å². The molecule has 0 aromatic heterocycles. The molecule has 0 unspecified atom stereocenters. The normalized spacial score (nSPS) is 14.7. The van der Waals surface area contributed by atoms with E-state index in [0.717, 1.165) is 34.4 Å². The number of likely N-dealkylation sites (N-methyl/N-ethyl adjacent to an activating group) is 1. The number of allylic oxidation sites excluding steroid dienone is 10. The third kappa shape index (κ3) is 6.17. The van der Waals surface area contributed by atoms with E-state index in [1.165, 1.54) is 0 Å². The molecule has 0 aromatic carbocycles. The third-order valence-corrected chi connectivity index (χ3v) is 3.78. The van der Waals surface area contributed by atoms with Gasteiger partial charge in [0.25, 0.3) is 0 Å². The number of hydrogen-bond acceptors (Lipinski definition) is 2. The van der Waals surface area contributed by atoms with Gasteiger partial charge in [-0.05, 0) is 69.5 Å². The maximum absolute atomic E-state index is 13.5. The van der Waals surface area contributed by atoms with Gasteiger partial charge < -0.3 is 5.32 Å². The summed E-state index contributed by atoms with van der Waals surface area (Å²) in [7, 11) is 1.88. The molecule has 0 rings (SSSR count). The predicted molar refractivity (Wildman–Crippen MR) is 105 cm³/mol. The van der Waals surface area contributed by atoms with E-state index in [9.17, 15) is 4.48 Å². The van der Waals surface area contributed by atoms with Gasteiger partial charge in [-0.1, -0.05) is 43.5 Å². The lowest BCUT2D eigenvalue weighted by molar-refractivity contribution is 0.388. The van der Waals surface area contributed by atoms with Crippen molar-refractivity contribution in [3.63, 3.8) is 0 Å². The minimum absolute atomic E-state index is 0.391. The van der Waals surface area contributed by atoms with Crippen LogP contribution in [0.3, 0.4) is 0 Å². The van der Waals surface area contributed by atoms with Gasteiger partial charge in [-0.2, -0.15) is 0 Å². The molecule has 132 valence electrons. The van der Waals surface area contributed by atoms with Gasteiger partial charge >= 0.3 is 0 Å². The zero-order valence-corrected chi connectivity index (χ0v) is 15.9. The van der Waals surface area contributed by atoms with Crippen LogP contribution >= 0.6 is 0 Å². The molecule has 3 heteroatoms. The molecule has 0 aromatic rings. The lowest BCUT2D eigenvalue weighted by Gasteiger charge is -2.18. The summed E-state index contributed by atoms with van der Waals surface area (Å²) in [5, 5.41) is 3.07. The Morgan fingerprint density at radius 3 is 2.08 bits per heavy atom. The molecule has 0 heterocycles. The SMILES string of the molecule is C=C(C)/C(NF)=C(C(\C=C/CNC)=C\C)/C(C)=C(\C)C(=C)/C=C\C. The highest BCUT2D eigenvalue weighted by molar-refractivity contribution is 5.60. The largest absolute Gasteiger partial charge is 0.316 e. The van der Waals surface area contributed by atoms with Gasteiger partial charge in [-0.15, -0.1) is 4.48 Å². The Labute approximate surface area is 146 Å². The van der Waals surface area contributed by atoms with Crippen molar-refractivity contribution in [1.29, 1.82) is 0 Å². The molecule has 0 aliphatic rings. The minimum atomic E-state index is 0.391. The summed E-state index contributed by atoms with van der Waals surface area (Å²) in [6.45, 7) is 18.4. The first-order chi connectivity index (χ1) is 11.3. The van der Waals surface area contributed by atoms with Crippen molar-refractivity contribution in [1.82, 2.24) is 10.9 Å². The first-order valence-electron chi connectivity index (χ1n) is 8.10. The van der Waals surface area contributed by atoms with E-state index in [4.69, 9.17) is 0 Å². The molecule has 0 amide bonds. The van der Waals surface area contributed by atoms with Crippen molar-refractivity contribution in [3.05, 3.63) is 82.7 Å². The Morgan fingerprint density at radius 2 is 1.67 bits per heavy atom. The number of halogens is 1. The summed E-state index contributed by atoms with van der Waals surface area (Å²) in [4.78, 5) is 0. The van der Waals surface area contributed by atoms with Crippen molar-refractivity contribution in [2.45, 2.75) is 34.6 Å². The van der Waals surface area contributed by atoms with Gasteiger partial charge in [0.1, 0.15) is 0 Å². The standard InChI is InChI=1S/C21H31FN2/c1-9-12-16(5)17(6)18(7)20(21(24-22)15(3)4)19(10-2)13-11-14-23-8/h9-13,23-24H,3,5,14H2,1-2,4,6-8H3/b12-9-,13-11-,18-17+,19-10+,21-20+. The van der Waals surface area contributed by atoms with E-state index >= 15 is 0 Å². The maximum Gasteiger partial charge on any atom is 0.0759 e. The second kappa shape index (κ2) is 11.4. The number of nitrogens with one attached hydrogen (secondary N) is 2. The molecule has 0 aliphatic carbocycles.